The second-order valence-electron chi connectivity index (χ2n) is 1.29. The van der Waals surface area contributed by atoms with Crippen molar-refractivity contribution >= 4 is 0 Å². The third-order valence-corrected chi connectivity index (χ3v) is 0.730. The second-order valence-corrected chi connectivity index (χ2v) is 1.29. The molecule has 0 radical (unpaired) electrons. The summed E-state index contributed by atoms with van der Waals surface area (Å²) in [6.45, 7) is 0. The Morgan fingerprint density at radius 3 is 2.00 bits per heavy atom. The molecule has 0 bridgehead atoms. The standard InChI is InChI=1S/C3H5N5O2/c1-9-2-5-7-3(10-4)8-6-2/h4H2,1H3. The van der Waals surface area contributed by atoms with Crippen LogP contribution < -0.4 is 15.5 Å². The largest absolute Gasteiger partial charge is 0.465 e. The number of aromatic nitrogens is 4. The molecule has 0 saturated carbocycles. The van der Waals surface area contributed by atoms with Gasteiger partial charge in [-0.25, -0.2) is 0 Å². The third kappa shape index (κ3) is 1.26. The first kappa shape index (κ1) is 6.62. The average Bonchev–Trinajstić information content (AvgIpc) is 2.05. The summed E-state index contributed by atoms with van der Waals surface area (Å²) in [7, 11) is 1.40. The van der Waals surface area contributed by atoms with Crippen molar-refractivity contribution in [3.8, 4) is 12.0 Å². The molecule has 0 aliphatic heterocycles. The number of nitrogens with two attached hydrogens (primary N) is 1. The number of ether oxygens (including phenoxy) is 1. The molecule has 0 unspecified atom stereocenters. The van der Waals surface area contributed by atoms with E-state index < -0.39 is 0 Å². The van der Waals surface area contributed by atoms with Crippen LogP contribution in [0.3, 0.4) is 0 Å². The van der Waals surface area contributed by atoms with E-state index in [0.29, 0.717) is 0 Å². The van der Waals surface area contributed by atoms with Crippen molar-refractivity contribution in [1.82, 2.24) is 20.4 Å². The number of rotatable bonds is 2. The lowest BCUT2D eigenvalue weighted by Gasteiger charge is -1.94. The minimum Gasteiger partial charge on any atom is -0.465 e. The highest BCUT2D eigenvalue weighted by Crippen LogP contribution is 1.96. The average molecular weight is 143 g/mol. The summed E-state index contributed by atoms with van der Waals surface area (Å²) in [4.78, 5) is 4.11. The summed E-state index contributed by atoms with van der Waals surface area (Å²) in [6, 6.07) is -0.0263. The molecule has 0 aromatic carbocycles. The van der Waals surface area contributed by atoms with Gasteiger partial charge in [0, 0.05) is 0 Å². The SMILES string of the molecule is COc1nnc(ON)nn1. The van der Waals surface area contributed by atoms with Crippen LogP contribution in [0.15, 0.2) is 0 Å². The van der Waals surface area contributed by atoms with E-state index in [0.717, 1.165) is 0 Å². The molecule has 0 saturated heterocycles. The third-order valence-electron chi connectivity index (χ3n) is 0.730. The van der Waals surface area contributed by atoms with Crippen LogP contribution in [-0.2, 0) is 0 Å². The zero-order chi connectivity index (χ0) is 7.40. The van der Waals surface area contributed by atoms with Gasteiger partial charge in [-0.15, -0.1) is 0 Å². The Kier molecular flexibility index (Phi) is 1.90. The fourth-order valence-electron chi connectivity index (χ4n) is 0.340. The molecule has 7 nitrogen and oxygen atoms in total. The molecule has 10 heavy (non-hydrogen) atoms. The monoisotopic (exact) mass is 143 g/mol. The summed E-state index contributed by atoms with van der Waals surface area (Å²) in [5.74, 6) is 4.70. The second kappa shape index (κ2) is 2.87. The van der Waals surface area contributed by atoms with E-state index in [1.165, 1.54) is 7.11 Å². The lowest BCUT2D eigenvalue weighted by atomic mass is 11.1. The summed E-state index contributed by atoms with van der Waals surface area (Å²) < 4.78 is 4.57. The topological polar surface area (TPSA) is 96.0 Å². The Morgan fingerprint density at radius 1 is 1.10 bits per heavy atom. The van der Waals surface area contributed by atoms with Crippen LogP contribution in [-0.4, -0.2) is 27.5 Å². The van der Waals surface area contributed by atoms with E-state index in [2.05, 4.69) is 30.0 Å². The van der Waals surface area contributed by atoms with Gasteiger partial charge in [0.25, 0.3) is 0 Å². The van der Waals surface area contributed by atoms with Crippen LogP contribution in [0.4, 0.5) is 0 Å². The van der Waals surface area contributed by atoms with Crippen molar-refractivity contribution in [1.29, 1.82) is 0 Å². The van der Waals surface area contributed by atoms with Crippen molar-refractivity contribution in [3.05, 3.63) is 0 Å². The predicted molar refractivity (Wildman–Crippen MR) is 29.0 cm³/mol. The zero-order valence-corrected chi connectivity index (χ0v) is 5.18. The van der Waals surface area contributed by atoms with E-state index >= 15 is 0 Å². The lowest BCUT2D eigenvalue weighted by molar-refractivity contribution is 0.283. The van der Waals surface area contributed by atoms with Gasteiger partial charge in [0.15, 0.2) is 0 Å². The van der Waals surface area contributed by atoms with Gasteiger partial charge in [0.1, 0.15) is 0 Å². The molecular formula is C3H5N5O2. The first-order chi connectivity index (χ1) is 4.86. The molecular weight excluding hydrogens is 138 g/mol. The summed E-state index contributed by atoms with van der Waals surface area (Å²) in [5.41, 5.74) is 0. The minimum absolute atomic E-state index is 0.0702. The van der Waals surface area contributed by atoms with Crippen molar-refractivity contribution in [2.24, 2.45) is 5.90 Å². The van der Waals surface area contributed by atoms with Crippen LogP contribution in [0.1, 0.15) is 0 Å². The molecule has 1 rings (SSSR count). The maximum atomic E-state index is 4.70. The van der Waals surface area contributed by atoms with Gasteiger partial charge in [-0.2, -0.15) is 5.90 Å². The van der Waals surface area contributed by atoms with Gasteiger partial charge in [0.2, 0.25) is 0 Å². The molecule has 1 aromatic heterocycles. The number of hydrogen-bond acceptors (Lipinski definition) is 7. The Morgan fingerprint density at radius 2 is 1.60 bits per heavy atom. The maximum Gasteiger partial charge on any atom is 0.374 e. The van der Waals surface area contributed by atoms with Gasteiger partial charge >= 0.3 is 12.0 Å². The van der Waals surface area contributed by atoms with Crippen LogP contribution in [0.5, 0.6) is 12.0 Å². The number of hydrogen-bond donors (Lipinski definition) is 1. The molecule has 1 heterocycles. The molecule has 54 valence electrons. The highest BCUT2D eigenvalue weighted by atomic mass is 16.6. The quantitative estimate of drug-likeness (QED) is 0.504. The first-order valence-corrected chi connectivity index (χ1v) is 2.35. The normalized spacial score (nSPS) is 9.00. The van der Waals surface area contributed by atoms with Crippen LogP contribution in [0.2, 0.25) is 0 Å². The Bertz CT molecular complexity index is 176. The lowest BCUT2D eigenvalue weighted by Crippen LogP contribution is -2.08. The van der Waals surface area contributed by atoms with Crippen molar-refractivity contribution in [3.63, 3.8) is 0 Å². The molecule has 0 amide bonds. The van der Waals surface area contributed by atoms with Crippen molar-refractivity contribution in [2.45, 2.75) is 0 Å². The van der Waals surface area contributed by atoms with E-state index in [1.54, 1.807) is 0 Å². The molecule has 0 atom stereocenters. The zero-order valence-electron chi connectivity index (χ0n) is 5.18. The minimum atomic E-state index is -0.0965. The smallest absolute Gasteiger partial charge is 0.374 e. The molecule has 0 fully saturated rings. The molecule has 2 N–H and O–H groups in total. The van der Waals surface area contributed by atoms with Gasteiger partial charge in [-0.05, 0) is 0 Å². The maximum absolute atomic E-state index is 4.70. The summed E-state index contributed by atoms with van der Waals surface area (Å²) in [6.07, 6.45) is 0. The van der Waals surface area contributed by atoms with Gasteiger partial charge in [0.05, 0.1) is 7.11 Å². The predicted octanol–water partition coefficient (Wildman–Crippen LogP) is -1.47. The molecule has 1 aromatic rings. The molecule has 0 aliphatic rings. The first-order valence-electron chi connectivity index (χ1n) is 2.35. The molecule has 7 heteroatoms. The van der Waals surface area contributed by atoms with Gasteiger partial charge in [-0.3, -0.25) is 0 Å². The Hall–Kier alpha value is -1.50. The summed E-state index contributed by atoms with van der Waals surface area (Å²) >= 11 is 0. The van der Waals surface area contributed by atoms with E-state index in [1.807, 2.05) is 0 Å². The van der Waals surface area contributed by atoms with Crippen molar-refractivity contribution in [2.75, 3.05) is 7.11 Å². The van der Waals surface area contributed by atoms with Crippen molar-refractivity contribution < 1.29 is 9.57 Å². The van der Waals surface area contributed by atoms with Gasteiger partial charge < -0.3 is 9.57 Å². The van der Waals surface area contributed by atoms with Gasteiger partial charge in [-0.1, -0.05) is 20.4 Å². The fraction of sp³-hybridized carbons (Fsp3) is 0.333. The van der Waals surface area contributed by atoms with E-state index in [9.17, 15) is 0 Å². The highest BCUT2D eigenvalue weighted by molar-refractivity contribution is 4.88. The molecule has 0 spiro atoms. The van der Waals surface area contributed by atoms with Crippen LogP contribution >= 0.6 is 0 Å². The number of nitrogens with zero attached hydrogens (tertiary/aromatic N) is 4. The van der Waals surface area contributed by atoms with E-state index in [4.69, 9.17) is 5.90 Å². The highest BCUT2D eigenvalue weighted by Gasteiger charge is 1.98. The molecule has 0 aliphatic carbocycles. The Labute approximate surface area is 56.1 Å². The van der Waals surface area contributed by atoms with Crippen LogP contribution in [0.25, 0.3) is 0 Å². The number of methoxy groups -OCH3 is 1. The summed E-state index contributed by atoms with van der Waals surface area (Å²) in [5, 5.41) is 13.6. The Balaban J connectivity index is 2.80. The van der Waals surface area contributed by atoms with Crippen LogP contribution in [0, 0.1) is 0 Å². The van der Waals surface area contributed by atoms with E-state index in [-0.39, 0.29) is 12.0 Å². The fourth-order valence-corrected chi connectivity index (χ4v) is 0.340.